The third kappa shape index (κ3) is 1.21. The molecule has 1 aliphatic carbocycles. The minimum Gasteiger partial charge on any atom is -0.333 e. The molecule has 3 heteroatoms. The normalized spacial score (nSPS) is 26.6. The van der Waals surface area contributed by atoms with E-state index in [-0.39, 0.29) is 17.9 Å². The first-order valence-corrected chi connectivity index (χ1v) is 5.35. The van der Waals surface area contributed by atoms with Gasteiger partial charge in [-0.05, 0) is 17.7 Å². The van der Waals surface area contributed by atoms with E-state index in [9.17, 15) is 4.79 Å². The Hall–Kier alpha value is -1.90. The fourth-order valence-corrected chi connectivity index (χ4v) is 2.38. The van der Waals surface area contributed by atoms with E-state index in [1.807, 2.05) is 25.3 Å². The Morgan fingerprint density at radius 3 is 3.00 bits per heavy atom. The molecule has 1 aromatic heterocycles. The maximum Gasteiger partial charge on any atom is 0.246 e. The van der Waals surface area contributed by atoms with Gasteiger partial charge >= 0.3 is 0 Å². The van der Waals surface area contributed by atoms with Crippen LogP contribution in [0.1, 0.15) is 17.3 Å². The Morgan fingerprint density at radius 2 is 2.12 bits per heavy atom. The summed E-state index contributed by atoms with van der Waals surface area (Å²) in [4.78, 5) is 17.8. The minimum atomic E-state index is 0.0492. The van der Waals surface area contributed by atoms with Gasteiger partial charge in [-0.1, -0.05) is 24.3 Å². The number of pyridine rings is 1. The third-order valence-corrected chi connectivity index (χ3v) is 3.24. The smallest absolute Gasteiger partial charge is 0.246 e. The van der Waals surface area contributed by atoms with Gasteiger partial charge in [0.25, 0.3) is 0 Å². The molecule has 16 heavy (non-hydrogen) atoms. The molecule has 0 N–H and O–H groups in total. The molecule has 0 bridgehead atoms. The van der Waals surface area contributed by atoms with Gasteiger partial charge in [0.1, 0.15) is 0 Å². The highest BCUT2D eigenvalue weighted by molar-refractivity contribution is 5.89. The molecule has 0 fully saturated rings. The molecule has 80 valence electrons. The largest absolute Gasteiger partial charge is 0.333 e. The lowest BCUT2D eigenvalue weighted by molar-refractivity contribution is -0.128. The highest BCUT2D eigenvalue weighted by Gasteiger charge is 2.33. The number of hydrogen-bond acceptors (Lipinski definition) is 2. The number of carbonyl (C=O) groups excluding carboxylic acids is 1. The van der Waals surface area contributed by atoms with Crippen molar-refractivity contribution in [2.75, 3.05) is 7.05 Å². The van der Waals surface area contributed by atoms with Crippen molar-refractivity contribution in [2.45, 2.75) is 6.04 Å². The number of carbonyl (C=O) groups is 1. The summed E-state index contributed by atoms with van der Waals surface area (Å²) in [6, 6.07) is 4.01. The molecule has 0 radical (unpaired) electrons. The fraction of sp³-hybridized carbons (Fsp3) is 0.231. The van der Waals surface area contributed by atoms with E-state index in [1.54, 1.807) is 17.2 Å². The number of amides is 1. The van der Waals surface area contributed by atoms with E-state index in [0.717, 1.165) is 11.3 Å². The number of rotatable bonds is 0. The first-order chi connectivity index (χ1) is 7.77. The Balaban J connectivity index is 2.15. The number of likely N-dealkylation sites (N-methyl/N-ethyl adjacent to an activating group) is 1. The summed E-state index contributed by atoms with van der Waals surface area (Å²) < 4.78 is 0. The minimum absolute atomic E-state index is 0.0492. The zero-order valence-electron chi connectivity index (χ0n) is 9.00. The molecule has 0 unspecified atom stereocenters. The molecule has 1 aromatic rings. The van der Waals surface area contributed by atoms with Crippen molar-refractivity contribution < 1.29 is 4.79 Å². The average Bonchev–Trinajstić information content (AvgIpc) is 2.33. The summed E-state index contributed by atoms with van der Waals surface area (Å²) in [7, 11) is 1.83. The molecule has 1 aliphatic heterocycles. The van der Waals surface area contributed by atoms with Crippen LogP contribution in [0.4, 0.5) is 0 Å². The summed E-state index contributed by atoms with van der Waals surface area (Å²) in [6.45, 7) is 0. The second-order valence-electron chi connectivity index (χ2n) is 4.17. The van der Waals surface area contributed by atoms with Crippen LogP contribution in [-0.4, -0.2) is 22.8 Å². The van der Waals surface area contributed by atoms with Gasteiger partial charge in [0, 0.05) is 19.2 Å². The molecular weight excluding hydrogens is 200 g/mol. The van der Waals surface area contributed by atoms with Crippen molar-refractivity contribution in [3.05, 3.63) is 47.8 Å². The van der Waals surface area contributed by atoms with Crippen LogP contribution in [0.2, 0.25) is 0 Å². The lowest BCUT2D eigenvalue weighted by Crippen LogP contribution is -2.38. The zero-order valence-corrected chi connectivity index (χ0v) is 9.00. The van der Waals surface area contributed by atoms with Crippen LogP contribution in [0.15, 0.2) is 36.6 Å². The molecule has 3 nitrogen and oxygen atoms in total. The van der Waals surface area contributed by atoms with Gasteiger partial charge in [-0.2, -0.15) is 0 Å². The van der Waals surface area contributed by atoms with E-state index >= 15 is 0 Å². The van der Waals surface area contributed by atoms with Crippen molar-refractivity contribution in [1.82, 2.24) is 9.88 Å². The molecule has 3 rings (SSSR count). The molecule has 2 atom stereocenters. The highest BCUT2D eigenvalue weighted by atomic mass is 16.2. The van der Waals surface area contributed by atoms with Gasteiger partial charge < -0.3 is 4.90 Å². The van der Waals surface area contributed by atoms with Gasteiger partial charge in [0.15, 0.2) is 0 Å². The fourth-order valence-electron chi connectivity index (χ4n) is 2.38. The van der Waals surface area contributed by atoms with Gasteiger partial charge in [0.2, 0.25) is 5.91 Å². The van der Waals surface area contributed by atoms with Crippen molar-refractivity contribution >= 4 is 12.0 Å². The molecule has 1 amide bonds. The van der Waals surface area contributed by atoms with E-state index in [0.29, 0.717) is 0 Å². The van der Waals surface area contributed by atoms with Crippen molar-refractivity contribution in [2.24, 2.45) is 5.92 Å². The number of fused-ring (bicyclic) bond motifs is 3. The predicted molar refractivity (Wildman–Crippen MR) is 61.4 cm³/mol. The molecule has 0 saturated heterocycles. The summed E-state index contributed by atoms with van der Waals surface area (Å²) in [6.07, 6.45) is 9.60. The number of hydrogen-bond donors (Lipinski definition) is 0. The SMILES string of the molecule is CN1C(=O)C=C[C@H]2C=Cc3cccnc3[C@@H]21. The Morgan fingerprint density at radius 1 is 1.31 bits per heavy atom. The van der Waals surface area contributed by atoms with E-state index < -0.39 is 0 Å². The van der Waals surface area contributed by atoms with Crippen LogP contribution >= 0.6 is 0 Å². The van der Waals surface area contributed by atoms with E-state index in [1.165, 1.54) is 0 Å². The topological polar surface area (TPSA) is 33.2 Å². The zero-order chi connectivity index (χ0) is 11.1. The molecule has 0 saturated carbocycles. The Labute approximate surface area is 94.1 Å². The van der Waals surface area contributed by atoms with Gasteiger partial charge in [-0.25, -0.2) is 0 Å². The van der Waals surface area contributed by atoms with Crippen molar-refractivity contribution in [1.29, 1.82) is 0 Å². The van der Waals surface area contributed by atoms with Crippen LogP contribution in [0.5, 0.6) is 0 Å². The van der Waals surface area contributed by atoms with Crippen molar-refractivity contribution in [3.63, 3.8) is 0 Å². The monoisotopic (exact) mass is 212 g/mol. The summed E-state index contributed by atoms with van der Waals surface area (Å²) in [5.41, 5.74) is 2.11. The average molecular weight is 212 g/mol. The first kappa shape index (κ1) is 9.33. The highest BCUT2D eigenvalue weighted by Crippen LogP contribution is 2.37. The second-order valence-corrected chi connectivity index (χ2v) is 4.17. The lowest BCUT2D eigenvalue weighted by Gasteiger charge is -2.36. The third-order valence-electron chi connectivity index (χ3n) is 3.24. The summed E-state index contributed by atoms with van der Waals surface area (Å²) in [5, 5.41) is 0. The van der Waals surface area contributed by atoms with Gasteiger partial charge in [0.05, 0.1) is 11.7 Å². The van der Waals surface area contributed by atoms with Crippen LogP contribution in [0, 0.1) is 5.92 Å². The molecular formula is C13H12N2O. The molecule has 2 aliphatic rings. The predicted octanol–water partition coefficient (Wildman–Crippen LogP) is 1.79. The maximum absolute atomic E-state index is 11.6. The molecule has 0 spiro atoms. The van der Waals surface area contributed by atoms with Crippen molar-refractivity contribution in [3.8, 4) is 0 Å². The quantitative estimate of drug-likeness (QED) is 0.657. The van der Waals surface area contributed by atoms with Crippen LogP contribution in [0.25, 0.3) is 6.08 Å². The Bertz CT molecular complexity index is 504. The standard InChI is InChI=1S/C13H12N2O/c1-15-11(16)7-6-10-5-4-9-3-2-8-14-12(9)13(10)15/h2-8,10,13H,1H3/t10-,13-/m1/s1. The number of aromatic nitrogens is 1. The van der Waals surface area contributed by atoms with Gasteiger partial charge in [-0.15, -0.1) is 0 Å². The van der Waals surface area contributed by atoms with E-state index in [4.69, 9.17) is 0 Å². The van der Waals surface area contributed by atoms with E-state index in [2.05, 4.69) is 17.1 Å². The summed E-state index contributed by atoms with van der Waals surface area (Å²) in [5.74, 6) is 0.304. The second kappa shape index (κ2) is 3.30. The van der Waals surface area contributed by atoms with Crippen LogP contribution < -0.4 is 0 Å². The maximum atomic E-state index is 11.6. The summed E-state index contributed by atoms with van der Waals surface area (Å²) >= 11 is 0. The molecule has 2 heterocycles. The molecule has 0 aromatic carbocycles. The van der Waals surface area contributed by atoms with Crippen LogP contribution in [-0.2, 0) is 4.79 Å². The Kier molecular flexibility index (Phi) is 1.93. The van der Waals surface area contributed by atoms with Crippen LogP contribution in [0.3, 0.4) is 0 Å². The lowest BCUT2D eigenvalue weighted by atomic mass is 9.85. The van der Waals surface area contributed by atoms with Gasteiger partial charge in [-0.3, -0.25) is 9.78 Å². The number of nitrogens with zero attached hydrogens (tertiary/aromatic N) is 2. The first-order valence-electron chi connectivity index (χ1n) is 5.35.